The van der Waals surface area contributed by atoms with Crippen LogP contribution in [0.5, 0.6) is 0 Å². The van der Waals surface area contributed by atoms with Crippen molar-refractivity contribution in [3.05, 3.63) is 27.4 Å². The van der Waals surface area contributed by atoms with Crippen LogP contribution in [0.1, 0.15) is 25.7 Å². The maximum atomic E-state index is 13.1. The molecule has 2 rings (SSSR count). The quantitative estimate of drug-likeness (QED) is 0.870. The number of nitrogens with one attached hydrogen (secondary N) is 1. The van der Waals surface area contributed by atoms with Crippen molar-refractivity contribution in [3.63, 3.8) is 0 Å². The summed E-state index contributed by atoms with van der Waals surface area (Å²) in [4.78, 5) is 0. The second kappa shape index (κ2) is 6.22. The lowest BCUT2D eigenvalue weighted by molar-refractivity contribution is 0.0669. The zero-order valence-electron chi connectivity index (χ0n) is 10.2. The Labute approximate surface area is 120 Å². The third-order valence-electron chi connectivity index (χ3n) is 3.31. The summed E-state index contributed by atoms with van der Waals surface area (Å²) in [6.45, 7) is 0. The number of benzene rings is 1. The Morgan fingerprint density at radius 1 is 1.44 bits per heavy atom. The largest absolute Gasteiger partial charge is 0.381 e. The van der Waals surface area contributed by atoms with E-state index in [1.165, 1.54) is 12.1 Å². The van der Waals surface area contributed by atoms with Crippen LogP contribution in [-0.2, 0) is 4.74 Å². The number of methoxy groups -OCH3 is 1. The highest BCUT2D eigenvalue weighted by atomic mass is 79.9. The van der Waals surface area contributed by atoms with E-state index in [9.17, 15) is 4.39 Å². The van der Waals surface area contributed by atoms with E-state index in [1.54, 1.807) is 7.11 Å². The molecule has 1 aromatic rings. The van der Waals surface area contributed by atoms with Gasteiger partial charge in [-0.25, -0.2) is 4.39 Å². The Morgan fingerprint density at radius 2 is 2.22 bits per heavy atom. The van der Waals surface area contributed by atoms with E-state index in [2.05, 4.69) is 21.2 Å². The number of halogens is 3. The first-order valence-electron chi connectivity index (χ1n) is 6.04. The highest BCUT2D eigenvalue weighted by Crippen LogP contribution is 2.34. The zero-order valence-corrected chi connectivity index (χ0v) is 12.5. The van der Waals surface area contributed by atoms with Gasteiger partial charge in [0.15, 0.2) is 0 Å². The molecule has 0 amide bonds. The second-order valence-electron chi connectivity index (χ2n) is 4.61. The molecular weight excluding hydrogens is 321 g/mol. The molecule has 1 aliphatic carbocycles. The Bertz CT molecular complexity index is 406. The summed E-state index contributed by atoms with van der Waals surface area (Å²) in [5.74, 6) is -0.337. The van der Waals surface area contributed by atoms with Crippen LogP contribution in [0.4, 0.5) is 10.1 Å². The average molecular weight is 337 g/mol. The second-order valence-corrected chi connectivity index (χ2v) is 5.87. The van der Waals surface area contributed by atoms with Gasteiger partial charge in [0, 0.05) is 17.6 Å². The van der Waals surface area contributed by atoms with Gasteiger partial charge in [-0.05, 0) is 53.7 Å². The van der Waals surface area contributed by atoms with Crippen LogP contribution < -0.4 is 5.32 Å². The fraction of sp³-hybridized carbons (Fsp3) is 0.538. The van der Waals surface area contributed by atoms with E-state index < -0.39 is 0 Å². The van der Waals surface area contributed by atoms with Crippen molar-refractivity contribution >= 4 is 33.2 Å². The van der Waals surface area contributed by atoms with E-state index in [0.717, 1.165) is 31.4 Å². The monoisotopic (exact) mass is 335 g/mol. The molecule has 18 heavy (non-hydrogen) atoms. The Balaban J connectivity index is 2.09. The maximum absolute atomic E-state index is 13.1. The molecule has 1 aliphatic rings. The molecular formula is C13H16BrClFNO. The highest BCUT2D eigenvalue weighted by Gasteiger charge is 2.22. The van der Waals surface area contributed by atoms with Crippen LogP contribution in [0.2, 0.25) is 5.02 Å². The Morgan fingerprint density at radius 3 is 2.89 bits per heavy atom. The zero-order chi connectivity index (χ0) is 13.1. The maximum Gasteiger partial charge on any atom is 0.125 e. The predicted octanol–water partition coefficient (Wildman–Crippen LogP) is 4.61. The molecule has 1 saturated carbocycles. The number of hydrogen-bond acceptors (Lipinski definition) is 2. The molecule has 2 atom stereocenters. The van der Waals surface area contributed by atoms with Crippen LogP contribution in [0.25, 0.3) is 0 Å². The van der Waals surface area contributed by atoms with Crippen LogP contribution in [0, 0.1) is 5.82 Å². The smallest absolute Gasteiger partial charge is 0.125 e. The van der Waals surface area contributed by atoms with Crippen LogP contribution in [0.3, 0.4) is 0 Å². The minimum absolute atomic E-state index is 0.300. The first-order chi connectivity index (χ1) is 8.60. The number of rotatable bonds is 3. The van der Waals surface area contributed by atoms with Gasteiger partial charge in [-0.1, -0.05) is 11.6 Å². The summed E-state index contributed by atoms with van der Waals surface area (Å²) in [6, 6.07) is 3.07. The van der Waals surface area contributed by atoms with Crippen molar-refractivity contribution in [1.29, 1.82) is 0 Å². The van der Waals surface area contributed by atoms with Crippen LogP contribution in [0.15, 0.2) is 16.6 Å². The molecule has 0 aliphatic heterocycles. The molecule has 0 spiro atoms. The van der Waals surface area contributed by atoms with Crippen molar-refractivity contribution in [3.8, 4) is 0 Å². The van der Waals surface area contributed by atoms with Gasteiger partial charge in [-0.15, -0.1) is 0 Å². The summed E-state index contributed by atoms with van der Waals surface area (Å²) in [5.41, 5.74) is 0.764. The molecule has 0 radical (unpaired) electrons. The van der Waals surface area contributed by atoms with E-state index in [4.69, 9.17) is 16.3 Å². The normalized spacial score (nSPS) is 24.0. The first kappa shape index (κ1) is 14.1. The standard InChI is InChI=1S/C13H16BrClFNO/c1-18-10-4-2-3-9(7-10)17-13-11(14)5-8(16)6-12(13)15/h5-6,9-10,17H,2-4,7H2,1H3. The SMILES string of the molecule is COC1CCCC(Nc2c(Cl)cc(F)cc2Br)C1. The third kappa shape index (κ3) is 3.37. The lowest BCUT2D eigenvalue weighted by Gasteiger charge is -2.30. The van der Waals surface area contributed by atoms with Crippen LogP contribution in [-0.4, -0.2) is 19.3 Å². The molecule has 2 unspecified atom stereocenters. The highest BCUT2D eigenvalue weighted by molar-refractivity contribution is 9.10. The van der Waals surface area contributed by atoms with Gasteiger partial charge in [0.25, 0.3) is 0 Å². The molecule has 0 heterocycles. The first-order valence-corrected chi connectivity index (χ1v) is 7.21. The van der Waals surface area contributed by atoms with E-state index in [1.807, 2.05) is 0 Å². The summed E-state index contributed by atoms with van der Waals surface area (Å²) in [6.07, 6.45) is 4.57. The summed E-state index contributed by atoms with van der Waals surface area (Å²) < 4.78 is 19.2. The van der Waals surface area contributed by atoms with Gasteiger partial charge in [0.2, 0.25) is 0 Å². The lowest BCUT2D eigenvalue weighted by atomic mass is 9.92. The fourth-order valence-corrected chi connectivity index (χ4v) is 3.30. The topological polar surface area (TPSA) is 21.3 Å². The predicted molar refractivity (Wildman–Crippen MR) is 75.8 cm³/mol. The molecule has 0 aromatic heterocycles. The fourth-order valence-electron chi connectivity index (χ4n) is 2.37. The summed E-state index contributed by atoms with van der Waals surface area (Å²) in [5, 5.41) is 3.79. The number of anilines is 1. The van der Waals surface area contributed by atoms with Gasteiger partial charge >= 0.3 is 0 Å². The van der Waals surface area contributed by atoms with Crippen molar-refractivity contribution in [2.75, 3.05) is 12.4 Å². The van der Waals surface area contributed by atoms with Crippen molar-refractivity contribution in [2.45, 2.75) is 37.8 Å². The molecule has 0 saturated heterocycles. The van der Waals surface area contributed by atoms with E-state index in [-0.39, 0.29) is 5.82 Å². The minimum Gasteiger partial charge on any atom is -0.381 e. The average Bonchev–Trinajstić information content (AvgIpc) is 2.34. The number of ether oxygens (including phenoxy) is 1. The minimum atomic E-state index is -0.337. The van der Waals surface area contributed by atoms with Gasteiger partial charge in [0.05, 0.1) is 16.8 Å². The van der Waals surface area contributed by atoms with Crippen molar-refractivity contribution < 1.29 is 9.13 Å². The van der Waals surface area contributed by atoms with E-state index in [0.29, 0.717) is 21.6 Å². The van der Waals surface area contributed by atoms with Gasteiger partial charge < -0.3 is 10.1 Å². The van der Waals surface area contributed by atoms with Gasteiger partial charge in [-0.3, -0.25) is 0 Å². The Hall–Kier alpha value is -0.320. The summed E-state index contributed by atoms with van der Waals surface area (Å²) >= 11 is 9.40. The van der Waals surface area contributed by atoms with Gasteiger partial charge in [-0.2, -0.15) is 0 Å². The lowest BCUT2D eigenvalue weighted by Crippen LogP contribution is -2.31. The van der Waals surface area contributed by atoms with Crippen molar-refractivity contribution in [2.24, 2.45) is 0 Å². The Kier molecular flexibility index (Phi) is 4.87. The molecule has 2 nitrogen and oxygen atoms in total. The van der Waals surface area contributed by atoms with Crippen LogP contribution >= 0.6 is 27.5 Å². The molecule has 1 N–H and O–H groups in total. The summed E-state index contributed by atoms with van der Waals surface area (Å²) in [7, 11) is 1.74. The molecule has 1 aromatic carbocycles. The third-order valence-corrected chi connectivity index (χ3v) is 4.24. The molecule has 1 fully saturated rings. The number of hydrogen-bond donors (Lipinski definition) is 1. The molecule has 5 heteroatoms. The van der Waals surface area contributed by atoms with Crippen molar-refractivity contribution in [1.82, 2.24) is 0 Å². The van der Waals surface area contributed by atoms with E-state index >= 15 is 0 Å². The molecule has 0 bridgehead atoms. The molecule has 100 valence electrons. The van der Waals surface area contributed by atoms with Gasteiger partial charge in [0.1, 0.15) is 5.82 Å².